The molecule has 8 nitrogen and oxygen atoms in total. The Kier molecular flexibility index (Phi) is 5.35. The number of carbonyl (C=O) groups is 1. The van der Waals surface area contributed by atoms with Gasteiger partial charge >= 0.3 is 6.18 Å². The molecule has 1 unspecified atom stereocenters. The molecule has 37 heavy (non-hydrogen) atoms. The fourth-order valence-corrected chi connectivity index (χ4v) is 5.36. The zero-order valence-electron chi connectivity index (χ0n) is 19.4. The highest BCUT2D eigenvalue weighted by Gasteiger charge is 2.62. The standard InChI is InChI=1S/C25H20F4N6O2/c1-34-23(13-4-6-14(26)7-5-13)33-22-24(34)32-17(9-31-22)20-19-15(10-35(20)12-36)16(19)11-37-18-3-2-8-30-21(18)25(27,28)29/h2-9,12,15-16,19-20H,10-11H2,1H3/t15-,16-,19-,20?/m1/s1. The lowest BCUT2D eigenvalue weighted by Gasteiger charge is -2.24. The van der Waals surface area contributed by atoms with Crippen LogP contribution in [0.2, 0.25) is 0 Å². The average molecular weight is 512 g/mol. The molecule has 1 saturated heterocycles. The van der Waals surface area contributed by atoms with E-state index in [9.17, 15) is 22.4 Å². The van der Waals surface area contributed by atoms with E-state index < -0.39 is 11.9 Å². The summed E-state index contributed by atoms with van der Waals surface area (Å²) in [5.41, 5.74) is 1.13. The normalized spacial score (nSPS) is 22.8. The number of halogens is 4. The van der Waals surface area contributed by atoms with Gasteiger partial charge in [-0.15, -0.1) is 0 Å². The molecule has 1 aromatic carbocycles. The molecule has 2 aliphatic rings. The Morgan fingerprint density at radius 1 is 1.14 bits per heavy atom. The zero-order chi connectivity index (χ0) is 25.9. The number of fused-ring (bicyclic) bond motifs is 2. The number of hydrogen-bond donors (Lipinski definition) is 0. The van der Waals surface area contributed by atoms with Crippen LogP contribution >= 0.6 is 0 Å². The Bertz CT molecular complexity index is 1490. The zero-order valence-corrected chi connectivity index (χ0v) is 19.4. The number of alkyl halides is 3. The molecular formula is C25H20F4N6O2. The largest absolute Gasteiger partial charge is 0.491 e. The number of aryl methyl sites for hydroxylation is 1. The fourth-order valence-electron chi connectivity index (χ4n) is 5.36. The van der Waals surface area contributed by atoms with Gasteiger partial charge in [0.2, 0.25) is 6.41 Å². The Hall–Kier alpha value is -4.09. The minimum atomic E-state index is -4.62. The molecule has 0 radical (unpaired) electrons. The number of imidazole rings is 1. The number of carbonyl (C=O) groups excluding carboxylic acids is 1. The maximum absolute atomic E-state index is 13.4. The molecule has 12 heteroatoms. The molecule has 1 saturated carbocycles. The molecular weight excluding hydrogens is 492 g/mol. The van der Waals surface area contributed by atoms with E-state index in [0.717, 1.165) is 12.6 Å². The van der Waals surface area contributed by atoms with E-state index in [1.807, 2.05) is 0 Å². The summed E-state index contributed by atoms with van der Waals surface area (Å²) in [7, 11) is 1.78. The summed E-state index contributed by atoms with van der Waals surface area (Å²) in [6.07, 6.45) is -1.20. The van der Waals surface area contributed by atoms with E-state index in [1.54, 1.807) is 34.8 Å². The van der Waals surface area contributed by atoms with Gasteiger partial charge in [-0.2, -0.15) is 13.2 Å². The summed E-state index contributed by atoms with van der Waals surface area (Å²) >= 11 is 0. The molecule has 190 valence electrons. The van der Waals surface area contributed by atoms with Crippen molar-refractivity contribution in [3.63, 3.8) is 0 Å². The highest BCUT2D eigenvalue weighted by Crippen LogP contribution is 2.60. The van der Waals surface area contributed by atoms with Crippen LogP contribution < -0.4 is 4.74 Å². The molecule has 1 aliphatic heterocycles. The van der Waals surface area contributed by atoms with Crippen LogP contribution in [0, 0.1) is 23.6 Å². The van der Waals surface area contributed by atoms with E-state index in [2.05, 4.69) is 15.0 Å². The van der Waals surface area contributed by atoms with Gasteiger partial charge in [-0.25, -0.2) is 24.3 Å². The summed E-state index contributed by atoms with van der Waals surface area (Å²) in [6.45, 7) is 0.529. The Balaban J connectivity index is 1.25. The Labute approximate surface area is 207 Å². The second kappa shape index (κ2) is 8.49. The SMILES string of the molecule is Cn1c(-c2ccc(F)cc2)nc2ncc(C3[C@H]4[C@H](COc5cccnc5C(F)(F)F)[C@H]4CN3C=O)nc21. The number of rotatable bonds is 6. The predicted molar refractivity (Wildman–Crippen MR) is 122 cm³/mol. The van der Waals surface area contributed by atoms with Gasteiger partial charge in [-0.3, -0.25) is 4.79 Å². The van der Waals surface area contributed by atoms with Gasteiger partial charge in [0.15, 0.2) is 17.0 Å². The number of ether oxygens (including phenoxy) is 1. The Morgan fingerprint density at radius 3 is 2.65 bits per heavy atom. The topological polar surface area (TPSA) is 86.0 Å². The maximum Gasteiger partial charge on any atom is 0.437 e. The van der Waals surface area contributed by atoms with Crippen LogP contribution in [-0.4, -0.2) is 49.0 Å². The van der Waals surface area contributed by atoms with E-state index in [0.29, 0.717) is 34.9 Å². The molecule has 6 rings (SSSR count). The van der Waals surface area contributed by atoms with Gasteiger partial charge in [0.1, 0.15) is 17.4 Å². The summed E-state index contributed by atoms with van der Waals surface area (Å²) in [5.74, 6) is -0.0764. The van der Waals surface area contributed by atoms with Crippen molar-refractivity contribution in [1.29, 1.82) is 0 Å². The van der Waals surface area contributed by atoms with Gasteiger partial charge in [-0.05, 0) is 48.2 Å². The van der Waals surface area contributed by atoms with Crippen molar-refractivity contribution in [3.05, 3.63) is 66.0 Å². The van der Waals surface area contributed by atoms with E-state index in [-0.39, 0.29) is 42.0 Å². The minimum absolute atomic E-state index is 0.0206. The molecule has 4 heterocycles. The van der Waals surface area contributed by atoms with E-state index in [4.69, 9.17) is 9.72 Å². The van der Waals surface area contributed by atoms with Crippen molar-refractivity contribution in [1.82, 2.24) is 29.4 Å². The lowest BCUT2D eigenvalue weighted by atomic mass is 10.1. The minimum Gasteiger partial charge on any atom is -0.491 e. The third-order valence-corrected chi connectivity index (χ3v) is 7.15. The van der Waals surface area contributed by atoms with Crippen LogP contribution in [0.5, 0.6) is 5.75 Å². The maximum atomic E-state index is 13.4. The second-order valence-electron chi connectivity index (χ2n) is 9.25. The van der Waals surface area contributed by atoms with Gasteiger partial charge in [0, 0.05) is 31.3 Å². The van der Waals surface area contributed by atoms with Crippen LogP contribution in [-0.2, 0) is 18.0 Å². The highest BCUT2D eigenvalue weighted by atomic mass is 19.4. The molecule has 1 aliphatic carbocycles. The van der Waals surface area contributed by atoms with Crippen molar-refractivity contribution in [2.24, 2.45) is 24.8 Å². The summed E-state index contributed by atoms with van der Waals surface area (Å²) < 4.78 is 60.5. The lowest BCUT2D eigenvalue weighted by Crippen LogP contribution is -2.29. The highest BCUT2D eigenvalue weighted by molar-refractivity contribution is 5.73. The molecule has 4 aromatic rings. The van der Waals surface area contributed by atoms with Crippen LogP contribution in [0.1, 0.15) is 17.4 Å². The molecule has 0 N–H and O–H groups in total. The van der Waals surface area contributed by atoms with E-state index in [1.165, 1.54) is 24.3 Å². The molecule has 4 atom stereocenters. The van der Waals surface area contributed by atoms with Crippen LogP contribution in [0.3, 0.4) is 0 Å². The van der Waals surface area contributed by atoms with Crippen molar-refractivity contribution >= 4 is 17.7 Å². The smallest absolute Gasteiger partial charge is 0.437 e. The first-order valence-corrected chi connectivity index (χ1v) is 11.6. The van der Waals surface area contributed by atoms with Gasteiger partial charge in [0.25, 0.3) is 0 Å². The number of aromatic nitrogens is 5. The second-order valence-corrected chi connectivity index (χ2v) is 9.25. The summed E-state index contributed by atoms with van der Waals surface area (Å²) in [4.78, 5) is 30.6. The van der Waals surface area contributed by atoms with Crippen molar-refractivity contribution in [2.45, 2.75) is 12.2 Å². The fraction of sp³-hybridized carbons (Fsp3) is 0.320. The van der Waals surface area contributed by atoms with Crippen molar-refractivity contribution < 1.29 is 27.1 Å². The van der Waals surface area contributed by atoms with Gasteiger partial charge in [0.05, 0.1) is 24.5 Å². The van der Waals surface area contributed by atoms with Crippen LogP contribution in [0.4, 0.5) is 17.6 Å². The third kappa shape index (κ3) is 3.96. The molecule has 2 fully saturated rings. The molecule has 3 aromatic heterocycles. The molecule has 1 amide bonds. The Morgan fingerprint density at radius 2 is 1.92 bits per heavy atom. The first-order chi connectivity index (χ1) is 17.8. The number of likely N-dealkylation sites (tertiary alicyclic amines) is 1. The third-order valence-electron chi connectivity index (χ3n) is 7.15. The summed E-state index contributed by atoms with van der Waals surface area (Å²) in [5, 5.41) is 0. The van der Waals surface area contributed by atoms with Crippen molar-refractivity contribution in [3.8, 4) is 17.1 Å². The van der Waals surface area contributed by atoms with Crippen LogP contribution in [0.15, 0.2) is 48.8 Å². The first kappa shape index (κ1) is 23.3. The number of pyridine rings is 1. The number of hydrogen-bond acceptors (Lipinski definition) is 6. The van der Waals surface area contributed by atoms with Crippen LogP contribution in [0.25, 0.3) is 22.7 Å². The average Bonchev–Trinajstić information content (AvgIpc) is 3.23. The number of benzene rings is 1. The number of amides is 1. The van der Waals surface area contributed by atoms with E-state index >= 15 is 0 Å². The number of nitrogens with zero attached hydrogens (tertiary/aromatic N) is 6. The summed E-state index contributed by atoms with van der Waals surface area (Å²) in [6, 6.07) is 8.20. The van der Waals surface area contributed by atoms with Gasteiger partial charge < -0.3 is 14.2 Å². The molecule has 0 spiro atoms. The number of piperidine rings is 1. The quantitative estimate of drug-likeness (QED) is 0.286. The van der Waals surface area contributed by atoms with Gasteiger partial charge in [-0.1, -0.05) is 0 Å². The van der Waals surface area contributed by atoms with Crippen molar-refractivity contribution in [2.75, 3.05) is 13.2 Å². The monoisotopic (exact) mass is 512 g/mol. The lowest BCUT2D eigenvalue weighted by molar-refractivity contribution is -0.142. The molecule has 0 bridgehead atoms. The first-order valence-electron chi connectivity index (χ1n) is 11.6. The predicted octanol–water partition coefficient (Wildman–Crippen LogP) is 4.04.